The molecule has 0 bridgehead atoms. The van der Waals surface area contributed by atoms with Crippen molar-refractivity contribution in [1.29, 1.82) is 0 Å². The summed E-state index contributed by atoms with van der Waals surface area (Å²) in [4.78, 5) is 0. The first-order chi connectivity index (χ1) is 10.3. The monoisotopic (exact) mass is 293 g/mol. The van der Waals surface area contributed by atoms with Crippen LogP contribution in [0.4, 0.5) is 0 Å². The first kappa shape index (κ1) is 15.8. The predicted molar refractivity (Wildman–Crippen MR) is 88.5 cm³/mol. The van der Waals surface area contributed by atoms with Crippen LogP contribution in [-0.4, -0.2) is 25.3 Å². The Morgan fingerprint density at radius 1 is 1.00 bits per heavy atom. The van der Waals surface area contributed by atoms with E-state index in [1.54, 1.807) is 0 Å². The Kier molecular flexibility index (Phi) is 5.61. The molecule has 2 aliphatic carbocycles. The molecule has 0 aromatic rings. The molecule has 2 nitrogen and oxygen atoms in total. The van der Waals surface area contributed by atoms with E-state index in [1.807, 2.05) is 0 Å². The topological polar surface area (TPSA) is 21.3 Å². The summed E-state index contributed by atoms with van der Waals surface area (Å²) in [7, 11) is 2.19. The molecule has 1 saturated heterocycles. The van der Waals surface area contributed by atoms with Gasteiger partial charge in [-0.3, -0.25) is 0 Å². The summed E-state index contributed by atoms with van der Waals surface area (Å²) in [6.07, 6.45) is 18.3. The molecule has 2 saturated carbocycles. The van der Waals surface area contributed by atoms with E-state index in [1.165, 1.54) is 83.5 Å². The zero-order valence-corrected chi connectivity index (χ0v) is 14.0. The lowest BCUT2D eigenvalue weighted by atomic mass is 9.77. The van der Waals surface area contributed by atoms with Crippen molar-refractivity contribution in [2.75, 3.05) is 13.7 Å². The maximum Gasteiger partial charge on any atom is 0.0685 e. The van der Waals surface area contributed by atoms with Crippen molar-refractivity contribution in [3.05, 3.63) is 0 Å². The first-order valence-corrected chi connectivity index (χ1v) is 9.62. The number of rotatable bonds is 4. The predicted octanol–water partition coefficient (Wildman–Crippen LogP) is 4.67. The van der Waals surface area contributed by atoms with Crippen LogP contribution in [0.5, 0.6) is 0 Å². The average Bonchev–Trinajstić information content (AvgIpc) is 2.79. The van der Waals surface area contributed by atoms with Crippen molar-refractivity contribution in [2.24, 2.45) is 11.8 Å². The van der Waals surface area contributed by atoms with Gasteiger partial charge in [-0.05, 0) is 51.0 Å². The van der Waals surface area contributed by atoms with Gasteiger partial charge >= 0.3 is 0 Å². The number of ether oxygens (including phenoxy) is 1. The Bertz CT molecular complexity index is 303. The molecule has 2 atom stereocenters. The zero-order chi connectivity index (χ0) is 14.5. The lowest BCUT2D eigenvalue weighted by molar-refractivity contribution is -0.0986. The molecule has 3 rings (SSSR count). The standard InChI is InChI=1S/C19H35NO/c1-20-18(14-16-8-4-2-3-5-9-16)17-10-13-21-19(15-17)11-6-7-12-19/h16-18,20H,2-15H2,1H3. The minimum Gasteiger partial charge on any atom is -0.375 e. The molecule has 0 aromatic heterocycles. The highest BCUT2D eigenvalue weighted by Gasteiger charge is 2.41. The van der Waals surface area contributed by atoms with E-state index in [9.17, 15) is 0 Å². The fourth-order valence-corrected chi connectivity index (χ4v) is 5.28. The van der Waals surface area contributed by atoms with Gasteiger partial charge in [-0.15, -0.1) is 0 Å². The summed E-state index contributed by atoms with van der Waals surface area (Å²) in [5, 5.41) is 3.69. The third-order valence-electron chi connectivity index (χ3n) is 6.55. The molecule has 3 fully saturated rings. The van der Waals surface area contributed by atoms with E-state index in [0.29, 0.717) is 0 Å². The summed E-state index contributed by atoms with van der Waals surface area (Å²) in [5.41, 5.74) is 0.279. The van der Waals surface area contributed by atoms with E-state index in [-0.39, 0.29) is 5.60 Å². The van der Waals surface area contributed by atoms with Gasteiger partial charge in [0.15, 0.2) is 0 Å². The van der Waals surface area contributed by atoms with Crippen LogP contribution in [0.2, 0.25) is 0 Å². The number of nitrogens with one attached hydrogen (secondary N) is 1. The molecule has 21 heavy (non-hydrogen) atoms. The maximum absolute atomic E-state index is 6.23. The van der Waals surface area contributed by atoms with Crippen LogP contribution in [0.25, 0.3) is 0 Å². The minimum absolute atomic E-state index is 0.279. The van der Waals surface area contributed by atoms with E-state index < -0.39 is 0 Å². The van der Waals surface area contributed by atoms with Crippen LogP contribution in [0.15, 0.2) is 0 Å². The van der Waals surface area contributed by atoms with Crippen molar-refractivity contribution >= 4 is 0 Å². The van der Waals surface area contributed by atoms with Gasteiger partial charge < -0.3 is 10.1 Å². The second-order valence-corrected chi connectivity index (χ2v) is 7.98. The van der Waals surface area contributed by atoms with Crippen LogP contribution in [0, 0.1) is 11.8 Å². The Hall–Kier alpha value is -0.0800. The molecule has 0 radical (unpaired) electrons. The zero-order valence-electron chi connectivity index (χ0n) is 14.0. The van der Waals surface area contributed by atoms with Gasteiger partial charge in [-0.1, -0.05) is 51.4 Å². The molecule has 0 amide bonds. The van der Waals surface area contributed by atoms with Gasteiger partial charge in [0, 0.05) is 12.6 Å². The second-order valence-electron chi connectivity index (χ2n) is 7.98. The SMILES string of the molecule is CNC(CC1CCCCCC1)C1CCOC2(CCCC2)C1. The molecule has 122 valence electrons. The summed E-state index contributed by atoms with van der Waals surface area (Å²) < 4.78 is 6.23. The first-order valence-electron chi connectivity index (χ1n) is 9.62. The molecule has 2 heteroatoms. The van der Waals surface area contributed by atoms with Crippen LogP contribution >= 0.6 is 0 Å². The largest absolute Gasteiger partial charge is 0.375 e. The highest BCUT2D eigenvalue weighted by molar-refractivity contribution is 4.94. The van der Waals surface area contributed by atoms with Gasteiger partial charge in [0.05, 0.1) is 5.60 Å². The van der Waals surface area contributed by atoms with Gasteiger partial charge in [0.25, 0.3) is 0 Å². The summed E-state index contributed by atoms with van der Waals surface area (Å²) in [6, 6.07) is 0.731. The molecule has 2 unspecified atom stereocenters. The van der Waals surface area contributed by atoms with Gasteiger partial charge in [-0.25, -0.2) is 0 Å². The van der Waals surface area contributed by atoms with E-state index in [0.717, 1.165) is 24.5 Å². The fourth-order valence-electron chi connectivity index (χ4n) is 5.28. The second kappa shape index (κ2) is 7.46. The maximum atomic E-state index is 6.23. The Morgan fingerprint density at radius 3 is 2.38 bits per heavy atom. The molecule has 1 spiro atoms. The highest BCUT2D eigenvalue weighted by atomic mass is 16.5. The lowest BCUT2D eigenvalue weighted by Crippen LogP contribution is -2.45. The van der Waals surface area contributed by atoms with Crippen LogP contribution in [-0.2, 0) is 4.74 Å². The number of hydrogen-bond acceptors (Lipinski definition) is 2. The normalized spacial score (nSPS) is 32.1. The van der Waals surface area contributed by atoms with Crippen LogP contribution in [0.3, 0.4) is 0 Å². The Morgan fingerprint density at radius 2 is 1.71 bits per heavy atom. The third kappa shape index (κ3) is 4.01. The Balaban J connectivity index is 1.56. The van der Waals surface area contributed by atoms with Crippen LogP contribution in [0.1, 0.15) is 83.5 Å². The molecular formula is C19H35NO. The molecular weight excluding hydrogens is 258 g/mol. The molecule has 1 heterocycles. The van der Waals surface area contributed by atoms with Crippen molar-refractivity contribution < 1.29 is 4.74 Å². The summed E-state index contributed by atoms with van der Waals surface area (Å²) >= 11 is 0. The lowest BCUT2D eigenvalue weighted by Gasteiger charge is -2.42. The van der Waals surface area contributed by atoms with E-state index in [4.69, 9.17) is 4.74 Å². The summed E-state index contributed by atoms with van der Waals surface area (Å²) in [5.74, 6) is 1.83. The summed E-state index contributed by atoms with van der Waals surface area (Å²) in [6.45, 7) is 1.01. The quantitative estimate of drug-likeness (QED) is 0.760. The van der Waals surface area contributed by atoms with Crippen molar-refractivity contribution in [3.8, 4) is 0 Å². The van der Waals surface area contributed by atoms with Gasteiger partial charge in [0.1, 0.15) is 0 Å². The van der Waals surface area contributed by atoms with Crippen molar-refractivity contribution in [3.63, 3.8) is 0 Å². The van der Waals surface area contributed by atoms with E-state index >= 15 is 0 Å². The molecule has 3 aliphatic rings. The van der Waals surface area contributed by atoms with Gasteiger partial charge in [0.2, 0.25) is 0 Å². The van der Waals surface area contributed by atoms with Crippen molar-refractivity contribution in [1.82, 2.24) is 5.32 Å². The molecule has 0 aromatic carbocycles. The van der Waals surface area contributed by atoms with E-state index in [2.05, 4.69) is 12.4 Å². The average molecular weight is 293 g/mol. The molecule has 1 aliphatic heterocycles. The highest BCUT2D eigenvalue weighted by Crippen LogP contribution is 2.43. The third-order valence-corrected chi connectivity index (χ3v) is 6.55. The molecule has 1 N–H and O–H groups in total. The van der Waals surface area contributed by atoms with Crippen LogP contribution < -0.4 is 5.32 Å². The minimum atomic E-state index is 0.279. The number of hydrogen-bond donors (Lipinski definition) is 1. The van der Waals surface area contributed by atoms with Gasteiger partial charge in [-0.2, -0.15) is 0 Å². The fraction of sp³-hybridized carbons (Fsp3) is 1.00. The Labute approximate surface area is 131 Å². The van der Waals surface area contributed by atoms with Crippen molar-refractivity contribution in [2.45, 2.75) is 95.1 Å². The smallest absolute Gasteiger partial charge is 0.0685 e.